The standard InChI is InChI=1S/C21H22FNO2/c1-24-20-10-5-3-8-17(20)18(21-11-6-14-25-21)12-13-23-15-16-7-2-4-9-19(16)22/h2-11,14,18,23H,12-13,15H2,1H3/t18-/m0/s1. The van der Waals surface area contributed by atoms with E-state index in [4.69, 9.17) is 9.15 Å². The van der Waals surface area contributed by atoms with Gasteiger partial charge in [0.1, 0.15) is 17.3 Å². The molecule has 0 fully saturated rings. The highest BCUT2D eigenvalue weighted by atomic mass is 19.1. The van der Waals surface area contributed by atoms with Crippen molar-refractivity contribution in [1.82, 2.24) is 5.32 Å². The molecule has 130 valence electrons. The Morgan fingerprint density at radius 2 is 1.84 bits per heavy atom. The van der Waals surface area contributed by atoms with Crippen LogP contribution in [0.2, 0.25) is 0 Å². The Labute approximate surface area is 147 Å². The number of halogens is 1. The summed E-state index contributed by atoms with van der Waals surface area (Å²) in [4.78, 5) is 0. The van der Waals surface area contributed by atoms with Gasteiger partial charge in [0.05, 0.1) is 13.4 Å². The first kappa shape index (κ1) is 17.2. The molecule has 1 atom stereocenters. The Morgan fingerprint density at radius 3 is 2.60 bits per heavy atom. The van der Waals surface area contributed by atoms with Gasteiger partial charge in [-0.2, -0.15) is 0 Å². The number of benzene rings is 2. The van der Waals surface area contributed by atoms with Crippen LogP contribution in [0.15, 0.2) is 71.3 Å². The van der Waals surface area contributed by atoms with Crippen molar-refractivity contribution >= 4 is 0 Å². The van der Waals surface area contributed by atoms with Gasteiger partial charge in [0, 0.05) is 23.6 Å². The van der Waals surface area contributed by atoms with Crippen LogP contribution < -0.4 is 10.1 Å². The first-order chi connectivity index (χ1) is 12.3. The zero-order valence-electron chi connectivity index (χ0n) is 14.2. The zero-order chi connectivity index (χ0) is 17.5. The van der Waals surface area contributed by atoms with Gasteiger partial charge in [0.2, 0.25) is 0 Å². The van der Waals surface area contributed by atoms with Crippen LogP contribution in [0.4, 0.5) is 4.39 Å². The van der Waals surface area contributed by atoms with Crippen LogP contribution in [-0.2, 0) is 6.54 Å². The third-order valence-corrected chi connectivity index (χ3v) is 4.28. The minimum atomic E-state index is -0.178. The van der Waals surface area contributed by atoms with Gasteiger partial charge in [-0.15, -0.1) is 0 Å². The summed E-state index contributed by atoms with van der Waals surface area (Å²) in [7, 11) is 1.68. The summed E-state index contributed by atoms with van der Waals surface area (Å²) in [5, 5.41) is 3.32. The third-order valence-electron chi connectivity index (χ3n) is 4.28. The van der Waals surface area contributed by atoms with Crippen LogP contribution in [0, 0.1) is 5.82 Å². The van der Waals surface area contributed by atoms with E-state index in [0.717, 1.165) is 30.0 Å². The van der Waals surface area contributed by atoms with Gasteiger partial charge >= 0.3 is 0 Å². The van der Waals surface area contributed by atoms with E-state index >= 15 is 0 Å². The fourth-order valence-electron chi connectivity index (χ4n) is 3.01. The molecule has 25 heavy (non-hydrogen) atoms. The number of methoxy groups -OCH3 is 1. The summed E-state index contributed by atoms with van der Waals surface area (Å²) in [6, 6.07) is 18.7. The number of hydrogen-bond donors (Lipinski definition) is 1. The topological polar surface area (TPSA) is 34.4 Å². The molecule has 1 aromatic heterocycles. The number of hydrogen-bond acceptors (Lipinski definition) is 3. The summed E-state index contributed by atoms with van der Waals surface area (Å²) < 4.78 is 24.8. The Kier molecular flexibility index (Phi) is 5.86. The maximum absolute atomic E-state index is 13.7. The second kappa shape index (κ2) is 8.49. The monoisotopic (exact) mass is 339 g/mol. The molecule has 3 nitrogen and oxygen atoms in total. The minimum absolute atomic E-state index is 0.0827. The maximum atomic E-state index is 13.7. The number of nitrogens with one attached hydrogen (secondary N) is 1. The molecule has 1 heterocycles. The van der Waals surface area contributed by atoms with Crippen molar-refractivity contribution in [2.24, 2.45) is 0 Å². The summed E-state index contributed by atoms with van der Waals surface area (Å²) in [6.07, 6.45) is 2.51. The lowest BCUT2D eigenvalue weighted by Crippen LogP contribution is -2.18. The van der Waals surface area contributed by atoms with Crippen molar-refractivity contribution in [2.45, 2.75) is 18.9 Å². The smallest absolute Gasteiger partial charge is 0.127 e. The van der Waals surface area contributed by atoms with Gasteiger partial charge in [-0.3, -0.25) is 0 Å². The number of furan rings is 1. The van der Waals surface area contributed by atoms with Crippen molar-refractivity contribution in [2.75, 3.05) is 13.7 Å². The molecular formula is C21H22FNO2. The molecule has 0 saturated heterocycles. The molecule has 3 rings (SSSR count). The highest BCUT2D eigenvalue weighted by Crippen LogP contribution is 2.34. The van der Waals surface area contributed by atoms with Crippen molar-refractivity contribution in [1.29, 1.82) is 0 Å². The van der Waals surface area contributed by atoms with Crippen LogP contribution in [0.5, 0.6) is 5.75 Å². The van der Waals surface area contributed by atoms with Gasteiger partial charge in [0.25, 0.3) is 0 Å². The number of ether oxygens (including phenoxy) is 1. The summed E-state index contributed by atoms with van der Waals surface area (Å²) in [6.45, 7) is 1.24. The summed E-state index contributed by atoms with van der Waals surface area (Å²) in [5.74, 6) is 1.65. The minimum Gasteiger partial charge on any atom is -0.496 e. The summed E-state index contributed by atoms with van der Waals surface area (Å²) in [5.41, 5.74) is 1.77. The zero-order valence-corrected chi connectivity index (χ0v) is 14.2. The van der Waals surface area contributed by atoms with E-state index < -0.39 is 0 Å². The average molecular weight is 339 g/mol. The molecule has 0 aliphatic heterocycles. The van der Waals surface area contributed by atoms with Crippen molar-refractivity contribution in [3.8, 4) is 5.75 Å². The fraction of sp³-hybridized carbons (Fsp3) is 0.238. The Balaban J connectivity index is 1.68. The lowest BCUT2D eigenvalue weighted by molar-refractivity contribution is 0.398. The van der Waals surface area contributed by atoms with E-state index in [9.17, 15) is 4.39 Å². The van der Waals surface area contributed by atoms with Gasteiger partial charge in [-0.05, 0) is 37.2 Å². The third kappa shape index (κ3) is 4.28. The number of para-hydroxylation sites is 1. The van der Waals surface area contributed by atoms with E-state index in [1.54, 1.807) is 25.5 Å². The quantitative estimate of drug-likeness (QED) is 0.602. The van der Waals surface area contributed by atoms with Crippen molar-refractivity contribution in [3.05, 3.63) is 89.6 Å². The first-order valence-electron chi connectivity index (χ1n) is 8.40. The van der Waals surface area contributed by atoms with Gasteiger partial charge in [0.15, 0.2) is 0 Å². The van der Waals surface area contributed by atoms with Crippen LogP contribution in [0.3, 0.4) is 0 Å². The number of rotatable bonds is 8. The lowest BCUT2D eigenvalue weighted by Gasteiger charge is -2.18. The van der Waals surface area contributed by atoms with Crippen LogP contribution >= 0.6 is 0 Å². The second-order valence-electron chi connectivity index (χ2n) is 5.87. The average Bonchev–Trinajstić information content (AvgIpc) is 3.17. The Morgan fingerprint density at radius 1 is 1.04 bits per heavy atom. The van der Waals surface area contributed by atoms with Gasteiger partial charge in [-0.1, -0.05) is 36.4 Å². The van der Waals surface area contributed by atoms with Crippen molar-refractivity contribution < 1.29 is 13.5 Å². The molecule has 3 aromatic rings. The molecule has 0 spiro atoms. The second-order valence-corrected chi connectivity index (χ2v) is 5.87. The molecule has 2 aromatic carbocycles. The molecule has 0 aliphatic rings. The molecule has 0 unspecified atom stereocenters. The van der Waals surface area contributed by atoms with E-state index in [1.165, 1.54) is 6.07 Å². The molecule has 0 radical (unpaired) electrons. The molecule has 4 heteroatoms. The van der Waals surface area contributed by atoms with Gasteiger partial charge in [-0.25, -0.2) is 4.39 Å². The molecule has 1 N–H and O–H groups in total. The van der Waals surface area contributed by atoms with E-state index in [-0.39, 0.29) is 11.7 Å². The van der Waals surface area contributed by atoms with Gasteiger partial charge < -0.3 is 14.5 Å². The lowest BCUT2D eigenvalue weighted by atomic mass is 9.92. The predicted octanol–water partition coefficient (Wildman–Crippen LogP) is 4.74. The fourth-order valence-corrected chi connectivity index (χ4v) is 3.01. The summed E-state index contributed by atoms with van der Waals surface area (Å²) >= 11 is 0. The van der Waals surface area contributed by atoms with Crippen molar-refractivity contribution in [3.63, 3.8) is 0 Å². The Bertz CT molecular complexity index is 786. The molecule has 0 bridgehead atoms. The highest BCUT2D eigenvalue weighted by Gasteiger charge is 2.20. The molecule has 0 amide bonds. The van der Waals surface area contributed by atoms with Crippen LogP contribution in [0.25, 0.3) is 0 Å². The van der Waals surface area contributed by atoms with E-state index in [1.807, 2.05) is 36.4 Å². The molecule has 0 saturated carbocycles. The van der Waals surface area contributed by atoms with Crippen LogP contribution in [0.1, 0.15) is 29.2 Å². The molecular weight excluding hydrogens is 317 g/mol. The SMILES string of the molecule is COc1ccccc1[C@H](CCNCc1ccccc1F)c1ccco1. The largest absolute Gasteiger partial charge is 0.496 e. The normalized spacial score (nSPS) is 12.1. The van der Waals surface area contributed by atoms with E-state index in [0.29, 0.717) is 12.1 Å². The highest BCUT2D eigenvalue weighted by molar-refractivity contribution is 5.39. The molecule has 0 aliphatic carbocycles. The maximum Gasteiger partial charge on any atom is 0.127 e. The first-order valence-corrected chi connectivity index (χ1v) is 8.40. The Hall–Kier alpha value is -2.59. The van der Waals surface area contributed by atoms with E-state index in [2.05, 4.69) is 11.4 Å². The predicted molar refractivity (Wildman–Crippen MR) is 96.3 cm³/mol. The van der Waals surface area contributed by atoms with Crippen LogP contribution in [-0.4, -0.2) is 13.7 Å².